The Bertz CT molecular complexity index is 871. The molecule has 0 radical (unpaired) electrons. The highest BCUT2D eigenvalue weighted by Gasteiger charge is 2.37. The number of amides is 1. The molecule has 1 saturated heterocycles. The van der Waals surface area contributed by atoms with Crippen LogP contribution in [-0.2, 0) is 21.4 Å². The van der Waals surface area contributed by atoms with Crippen LogP contribution < -0.4 is 9.03 Å². The number of rotatable bonds is 8. The van der Waals surface area contributed by atoms with E-state index in [0.717, 1.165) is 44.1 Å². The number of fused-ring (bicyclic) bond motifs is 1. The number of carboxylic acid groups (broad SMARTS) is 1. The predicted molar refractivity (Wildman–Crippen MR) is 118 cm³/mol. The Kier molecular flexibility index (Phi) is 7.43. The van der Waals surface area contributed by atoms with Crippen LogP contribution in [0.2, 0.25) is 0 Å². The number of ether oxygens (including phenoxy) is 1. The van der Waals surface area contributed by atoms with Crippen molar-refractivity contribution < 1.29 is 23.1 Å². The monoisotopic (exact) mass is 454 g/mol. The van der Waals surface area contributed by atoms with Crippen molar-refractivity contribution in [1.29, 1.82) is 0 Å². The number of pyridine rings is 1. The number of aryl methyl sites for hydroxylation is 1. The fourth-order valence-electron chi connectivity index (χ4n) is 4.21. The number of carbonyl (C=O) groups is 1. The Labute approximate surface area is 185 Å². The van der Waals surface area contributed by atoms with Crippen LogP contribution in [0.15, 0.2) is 18.3 Å². The van der Waals surface area contributed by atoms with Crippen LogP contribution in [0, 0.1) is 0 Å². The molecule has 2 N–H and O–H groups in total. The summed E-state index contributed by atoms with van der Waals surface area (Å²) < 4.78 is 36.5. The van der Waals surface area contributed by atoms with Crippen molar-refractivity contribution in [2.45, 2.75) is 77.0 Å². The van der Waals surface area contributed by atoms with Crippen molar-refractivity contribution in [3.05, 3.63) is 23.9 Å². The first-order chi connectivity index (χ1) is 14.6. The molecule has 1 aromatic rings. The number of aromatic nitrogens is 1. The van der Waals surface area contributed by atoms with E-state index in [2.05, 4.69) is 9.71 Å². The smallest absolute Gasteiger partial charge is 0.407 e. The van der Waals surface area contributed by atoms with Crippen molar-refractivity contribution in [1.82, 2.24) is 14.6 Å². The van der Waals surface area contributed by atoms with Crippen LogP contribution in [0.25, 0.3) is 0 Å². The minimum absolute atomic E-state index is 0.0466. The summed E-state index contributed by atoms with van der Waals surface area (Å²) in [6, 6.07) is 3.62. The zero-order valence-corrected chi connectivity index (χ0v) is 19.4. The van der Waals surface area contributed by atoms with Crippen LogP contribution in [-0.4, -0.2) is 66.9 Å². The molecule has 2 aliphatic heterocycles. The number of hydrogen-bond donors (Lipinski definition) is 2. The van der Waals surface area contributed by atoms with E-state index >= 15 is 0 Å². The van der Waals surface area contributed by atoms with Gasteiger partial charge in [0.1, 0.15) is 5.82 Å². The summed E-state index contributed by atoms with van der Waals surface area (Å²) in [7, 11) is -3.75. The van der Waals surface area contributed by atoms with Crippen LogP contribution >= 0.6 is 0 Å². The lowest BCUT2D eigenvalue weighted by Gasteiger charge is -2.38. The van der Waals surface area contributed by atoms with Gasteiger partial charge >= 0.3 is 16.3 Å². The number of nitrogens with one attached hydrogen (secondary N) is 1. The molecule has 1 unspecified atom stereocenters. The summed E-state index contributed by atoms with van der Waals surface area (Å²) in [6.45, 7) is 6.97. The molecule has 10 heteroatoms. The average molecular weight is 455 g/mol. The first kappa shape index (κ1) is 23.7. The Morgan fingerprint density at radius 2 is 2.10 bits per heavy atom. The lowest BCUT2D eigenvalue weighted by Crippen LogP contribution is -2.54. The fraction of sp³-hybridized carbons (Fsp3) is 0.714. The highest BCUT2D eigenvalue weighted by atomic mass is 32.2. The lowest BCUT2D eigenvalue weighted by atomic mass is 9.97. The van der Waals surface area contributed by atoms with Gasteiger partial charge in [-0.15, -0.1) is 0 Å². The Hall–Kier alpha value is -1.91. The van der Waals surface area contributed by atoms with Gasteiger partial charge in [-0.2, -0.15) is 13.1 Å². The molecule has 0 saturated carbocycles. The van der Waals surface area contributed by atoms with Crippen molar-refractivity contribution in [2.24, 2.45) is 0 Å². The van der Waals surface area contributed by atoms with Gasteiger partial charge in [0.2, 0.25) is 0 Å². The van der Waals surface area contributed by atoms with Gasteiger partial charge in [-0.05, 0) is 70.9 Å². The minimum atomic E-state index is -3.75. The maximum absolute atomic E-state index is 13.2. The number of anilines is 1. The van der Waals surface area contributed by atoms with Crippen LogP contribution in [0.3, 0.4) is 0 Å². The van der Waals surface area contributed by atoms with Gasteiger partial charge in [0, 0.05) is 30.9 Å². The van der Waals surface area contributed by atoms with E-state index in [0.29, 0.717) is 25.5 Å². The molecule has 2 atom stereocenters. The number of unbranched alkanes of at least 4 members (excludes halogenated alkanes) is 1. The van der Waals surface area contributed by atoms with E-state index in [4.69, 9.17) is 9.84 Å². The quantitative estimate of drug-likeness (QED) is 0.584. The summed E-state index contributed by atoms with van der Waals surface area (Å²) >= 11 is 0. The summed E-state index contributed by atoms with van der Waals surface area (Å²) in [4.78, 5) is 16.8. The summed E-state index contributed by atoms with van der Waals surface area (Å²) in [5.74, 6) is 0.520. The molecule has 174 valence electrons. The highest BCUT2D eigenvalue weighted by Crippen LogP contribution is 2.33. The van der Waals surface area contributed by atoms with Gasteiger partial charge in [-0.1, -0.05) is 6.07 Å². The standard InChI is InChI=1S/C21H34N4O5S/c1-21(2,3)23-31(28,29)25-17(10-9-16-7-6-12-22-19(16)25)8-4-5-14-30-18-11-13-24(15-18)20(26)27/h6-7,12,17-18,23H,4-5,8-11,13-15H2,1-3H3,(H,26,27)/t17?,18-/m1/s1. The second-order valence-corrected chi connectivity index (χ2v) is 10.9. The molecule has 3 rings (SSSR count). The molecule has 1 amide bonds. The van der Waals surface area contributed by atoms with Crippen molar-refractivity contribution >= 4 is 22.1 Å². The maximum atomic E-state index is 13.2. The predicted octanol–water partition coefficient (Wildman–Crippen LogP) is 2.77. The molecule has 9 nitrogen and oxygen atoms in total. The van der Waals surface area contributed by atoms with E-state index in [1.165, 1.54) is 9.21 Å². The first-order valence-corrected chi connectivity index (χ1v) is 12.4. The third-order valence-corrected chi connectivity index (χ3v) is 7.41. The van der Waals surface area contributed by atoms with Gasteiger partial charge in [0.15, 0.2) is 0 Å². The van der Waals surface area contributed by atoms with Gasteiger partial charge in [0.25, 0.3) is 0 Å². The normalized spacial score (nSPS) is 21.9. The second kappa shape index (κ2) is 9.70. The third-order valence-electron chi connectivity index (χ3n) is 5.55. The highest BCUT2D eigenvalue weighted by molar-refractivity contribution is 7.91. The van der Waals surface area contributed by atoms with Crippen molar-refractivity contribution in [3.8, 4) is 0 Å². The lowest BCUT2D eigenvalue weighted by molar-refractivity contribution is 0.0558. The Balaban J connectivity index is 1.57. The largest absolute Gasteiger partial charge is 0.465 e. The van der Waals surface area contributed by atoms with Crippen molar-refractivity contribution in [2.75, 3.05) is 24.0 Å². The zero-order valence-electron chi connectivity index (χ0n) is 18.6. The van der Waals surface area contributed by atoms with Crippen LogP contribution in [0.5, 0.6) is 0 Å². The average Bonchev–Trinajstić information content (AvgIpc) is 3.14. The van der Waals surface area contributed by atoms with Crippen LogP contribution in [0.1, 0.15) is 58.4 Å². The summed E-state index contributed by atoms with van der Waals surface area (Å²) in [5.41, 5.74) is 0.361. The van der Waals surface area contributed by atoms with Gasteiger partial charge in [-0.3, -0.25) is 0 Å². The molecule has 0 aromatic carbocycles. The number of likely N-dealkylation sites (tertiary alicyclic amines) is 1. The fourth-order valence-corrected chi connectivity index (χ4v) is 6.08. The van der Waals surface area contributed by atoms with Gasteiger partial charge < -0.3 is 14.7 Å². The third kappa shape index (κ3) is 6.30. The summed E-state index contributed by atoms with van der Waals surface area (Å²) in [6.07, 6.45) is 5.31. The van der Waals surface area contributed by atoms with Gasteiger partial charge in [0.05, 0.1) is 12.6 Å². The molecule has 1 fully saturated rings. The van der Waals surface area contributed by atoms with E-state index in [9.17, 15) is 13.2 Å². The molecular weight excluding hydrogens is 420 g/mol. The molecular formula is C21H34N4O5S. The molecule has 1 aromatic heterocycles. The molecule has 0 aliphatic carbocycles. The van der Waals surface area contributed by atoms with E-state index < -0.39 is 21.8 Å². The summed E-state index contributed by atoms with van der Waals surface area (Å²) in [5, 5.41) is 9.02. The molecule has 0 spiro atoms. The van der Waals surface area contributed by atoms with Crippen molar-refractivity contribution in [3.63, 3.8) is 0 Å². The molecule has 31 heavy (non-hydrogen) atoms. The zero-order chi connectivity index (χ0) is 22.6. The maximum Gasteiger partial charge on any atom is 0.407 e. The number of hydrogen-bond acceptors (Lipinski definition) is 5. The molecule has 2 aliphatic rings. The van der Waals surface area contributed by atoms with Gasteiger partial charge in [-0.25, -0.2) is 14.1 Å². The van der Waals surface area contributed by atoms with E-state index in [-0.39, 0.29) is 12.1 Å². The molecule has 0 bridgehead atoms. The Morgan fingerprint density at radius 3 is 2.77 bits per heavy atom. The SMILES string of the molecule is CC(C)(C)NS(=O)(=O)N1c2ncccc2CCC1CCCCO[C@@H]1CCN(C(=O)O)C1. The minimum Gasteiger partial charge on any atom is -0.465 e. The van der Waals surface area contributed by atoms with Crippen LogP contribution in [0.4, 0.5) is 10.6 Å². The second-order valence-electron chi connectivity index (χ2n) is 9.34. The van der Waals surface area contributed by atoms with E-state index in [1.807, 2.05) is 32.9 Å². The molecule has 3 heterocycles. The topological polar surface area (TPSA) is 112 Å². The Morgan fingerprint density at radius 1 is 1.32 bits per heavy atom. The first-order valence-electron chi connectivity index (χ1n) is 10.9. The number of nitrogens with zero attached hydrogens (tertiary/aromatic N) is 3. The van der Waals surface area contributed by atoms with E-state index in [1.54, 1.807) is 6.20 Å².